The second kappa shape index (κ2) is 9.47. The van der Waals surface area contributed by atoms with E-state index in [1.54, 1.807) is 31.4 Å². The van der Waals surface area contributed by atoms with Gasteiger partial charge in [-0.1, -0.05) is 23.8 Å². The molecule has 5 heteroatoms. The number of hydrogen-bond acceptors (Lipinski definition) is 5. The van der Waals surface area contributed by atoms with Crippen LogP contribution in [0.1, 0.15) is 19.4 Å². The molecule has 0 saturated carbocycles. The van der Waals surface area contributed by atoms with Gasteiger partial charge in [-0.2, -0.15) is 0 Å². The Kier molecular flexibility index (Phi) is 6.75. The Morgan fingerprint density at radius 1 is 0.871 bits per heavy atom. The maximum absolute atomic E-state index is 11.1. The summed E-state index contributed by atoms with van der Waals surface area (Å²) in [5.74, 6) is 1.79. The predicted molar refractivity (Wildman–Crippen MR) is 123 cm³/mol. The fourth-order valence-electron chi connectivity index (χ4n) is 3.39. The van der Waals surface area contributed by atoms with Crippen LogP contribution in [0.2, 0.25) is 0 Å². The Labute approximate surface area is 183 Å². The normalized spacial score (nSPS) is 10.5. The lowest BCUT2D eigenvalue weighted by Gasteiger charge is -2.19. The molecule has 3 rings (SSSR count). The number of phenols is 2. The summed E-state index contributed by atoms with van der Waals surface area (Å²) in [4.78, 5) is 0. The second-order valence-electron chi connectivity index (χ2n) is 7.50. The molecule has 0 saturated heterocycles. The standard InChI is InChI=1S/C26H28O5/c1-16(2)12-13-31-22-11-8-19(14-17(22)3)24-23(29-4)15-21(26(30-5)25(24)28)18-6-9-20(27)10-7-18/h6-12,14-15,27-28H,13H2,1-5H3. The van der Waals surface area contributed by atoms with Crippen LogP contribution in [0.25, 0.3) is 22.3 Å². The van der Waals surface area contributed by atoms with Crippen LogP contribution >= 0.6 is 0 Å². The van der Waals surface area contributed by atoms with E-state index in [0.717, 1.165) is 22.4 Å². The van der Waals surface area contributed by atoms with Crippen molar-refractivity contribution in [3.63, 3.8) is 0 Å². The molecule has 0 atom stereocenters. The van der Waals surface area contributed by atoms with Gasteiger partial charge in [-0.15, -0.1) is 0 Å². The number of allylic oxidation sites excluding steroid dienone is 1. The largest absolute Gasteiger partial charge is 0.508 e. The minimum absolute atomic E-state index is 0.0115. The number of phenolic OH excluding ortho intramolecular Hbond substituents is 2. The SMILES string of the molecule is COc1cc(-c2ccc(O)cc2)c(OC)c(O)c1-c1ccc(OCC=C(C)C)c(C)c1. The highest BCUT2D eigenvalue weighted by Crippen LogP contribution is 2.49. The third kappa shape index (κ3) is 4.77. The van der Waals surface area contributed by atoms with Gasteiger partial charge in [0, 0.05) is 5.56 Å². The first kappa shape index (κ1) is 22.1. The van der Waals surface area contributed by atoms with Gasteiger partial charge in [-0.05, 0) is 73.9 Å². The summed E-state index contributed by atoms with van der Waals surface area (Å²) in [7, 11) is 3.08. The molecule has 0 aliphatic rings. The lowest BCUT2D eigenvalue weighted by molar-refractivity contribution is 0.359. The number of hydrogen-bond donors (Lipinski definition) is 2. The number of methoxy groups -OCH3 is 2. The number of benzene rings is 3. The Morgan fingerprint density at radius 3 is 2.13 bits per heavy atom. The van der Waals surface area contributed by atoms with E-state index in [1.165, 1.54) is 12.7 Å². The quantitative estimate of drug-likeness (QED) is 0.452. The molecule has 0 unspecified atom stereocenters. The maximum Gasteiger partial charge on any atom is 0.170 e. The molecule has 0 aliphatic heterocycles. The van der Waals surface area contributed by atoms with E-state index in [1.807, 2.05) is 51.1 Å². The van der Waals surface area contributed by atoms with Gasteiger partial charge in [0.15, 0.2) is 11.5 Å². The Morgan fingerprint density at radius 2 is 1.55 bits per heavy atom. The van der Waals surface area contributed by atoms with E-state index in [9.17, 15) is 10.2 Å². The van der Waals surface area contributed by atoms with E-state index in [0.29, 0.717) is 29.2 Å². The molecular weight excluding hydrogens is 392 g/mol. The number of aryl methyl sites for hydroxylation is 1. The topological polar surface area (TPSA) is 68.2 Å². The number of rotatable bonds is 7. The zero-order chi connectivity index (χ0) is 22.5. The van der Waals surface area contributed by atoms with Crippen LogP contribution in [-0.2, 0) is 0 Å². The number of ether oxygens (including phenoxy) is 3. The van der Waals surface area contributed by atoms with Crippen molar-refractivity contribution in [2.75, 3.05) is 20.8 Å². The van der Waals surface area contributed by atoms with Crippen molar-refractivity contribution in [3.8, 4) is 51.0 Å². The summed E-state index contributed by atoms with van der Waals surface area (Å²) >= 11 is 0. The predicted octanol–water partition coefficient (Wildman–Crippen LogP) is 6.10. The van der Waals surface area contributed by atoms with E-state index >= 15 is 0 Å². The molecule has 162 valence electrons. The third-order valence-electron chi connectivity index (χ3n) is 5.01. The second-order valence-corrected chi connectivity index (χ2v) is 7.50. The van der Waals surface area contributed by atoms with Crippen molar-refractivity contribution in [1.29, 1.82) is 0 Å². The molecule has 3 aromatic carbocycles. The molecule has 0 bridgehead atoms. The smallest absolute Gasteiger partial charge is 0.170 e. The minimum atomic E-state index is -0.0115. The van der Waals surface area contributed by atoms with Gasteiger partial charge < -0.3 is 24.4 Å². The summed E-state index contributed by atoms with van der Waals surface area (Å²) in [5, 5.41) is 20.7. The molecule has 0 spiro atoms. The van der Waals surface area contributed by atoms with Gasteiger partial charge in [-0.3, -0.25) is 0 Å². The molecule has 0 amide bonds. The molecule has 0 heterocycles. The van der Waals surface area contributed by atoms with Crippen molar-refractivity contribution in [2.24, 2.45) is 0 Å². The fraction of sp³-hybridized carbons (Fsp3) is 0.231. The Bertz CT molecular complexity index is 1090. The summed E-state index contributed by atoms with van der Waals surface area (Å²) in [6.07, 6.45) is 2.02. The monoisotopic (exact) mass is 420 g/mol. The zero-order valence-corrected chi connectivity index (χ0v) is 18.5. The maximum atomic E-state index is 11.1. The van der Waals surface area contributed by atoms with Crippen molar-refractivity contribution in [1.82, 2.24) is 0 Å². The van der Waals surface area contributed by atoms with Crippen molar-refractivity contribution < 1.29 is 24.4 Å². The molecular formula is C26H28O5. The van der Waals surface area contributed by atoms with Crippen LogP contribution in [0.3, 0.4) is 0 Å². The van der Waals surface area contributed by atoms with E-state index in [4.69, 9.17) is 14.2 Å². The van der Waals surface area contributed by atoms with Gasteiger partial charge in [0.05, 0.1) is 19.8 Å². The molecule has 31 heavy (non-hydrogen) atoms. The number of aromatic hydroxyl groups is 2. The van der Waals surface area contributed by atoms with Crippen LogP contribution in [0.15, 0.2) is 60.2 Å². The summed E-state index contributed by atoms with van der Waals surface area (Å²) in [6, 6.07) is 14.3. The first-order valence-electron chi connectivity index (χ1n) is 10.00. The van der Waals surface area contributed by atoms with Gasteiger partial charge in [0.2, 0.25) is 0 Å². The molecule has 3 aromatic rings. The summed E-state index contributed by atoms with van der Waals surface area (Å²) in [6.45, 7) is 6.53. The molecule has 2 N–H and O–H groups in total. The van der Waals surface area contributed by atoms with Crippen LogP contribution in [0, 0.1) is 6.92 Å². The lowest BCUT2D eigenvalue weighted by atomic mass is 9.95. The van der Waals surface area contributed by atoms with Crippen LogP contribution in [0.4, 0.5) is 0 Å². The highest BCUT2D eigenvalue weighted by molar-refractivity contribution is 5.87. The van der Waals surface area contributed by atoms with Crippen molar-refractivity contribution >= 4 is 0 Å². The first-order chi connectivity index (χ1) is 14.8. The lowest BCUT2D eigenvalue weighted by Crippen LogP contribution is -1.98. The van der Waals surface area contributed by atoms with Crippen LogP contribution in [0.5, 0.6) is 28.7 Å². The first-order valence-corrected chi connectivity index (χ1v) is 10.00. The average Bonchev–Trinajstić information content (AvgIpc) is 2.74. The Balaban J connectivity index is 2.08. The van der Waals surface area contributed by atoms with Crippen molar-refractivity contribution in [3.05, 3.63) is 65.7 Å². The molecule has 0 fully saturated rings. The summed E-state index contributed by atoms with van der Waals surface area (Å²) in [5.41, 5.74) is 4.93. The van der Waals surface area contributed by atoms with Crippen LogP contribution < -0.4 is 14.2 Å². The fourth-order valence-corrected chi connectivity index (χ4v) is 3.39. The summed E-state index contributed by atoms with van der Waals surface area (Å²) < 4.78 is 17.0. The third-order valence-corrected chi connectivity index (χ3v) is 5.01. The van der Waals surface area contributed by atoms with Crippen LogP contribution in [-0.4, -0.2) is 31.0 Å². The van der Waals surface area contributed by atoms with Gasteiger partial charge >= 0.3 is 0 Å². The molecule has 0 aliphatic carbocycles. The minimum Gasteiger partial charge on any atom is -0.508 e. The van der Waals surface area contributed by atoms with Gasteiger partial charge in [0.1, 0.15) is 23.9 Å². The van der Waals surface area contributed by atoms with Gasteiger partial charge in [0.25, 0.3) is 0 Å². The van der Waals surface area contributed by atoms with E-state index < -0.39 is 0 Å². The average molecular weight is 421 g/mol. The van der Waals surface area contributed by atoms with E-state index in [-0.39, 0.29) is 11.5 Å². The Hall–Kier alpha value is -3.60. The molecule has 5 nitrogen and oxygen atoms in total. The molecule has 0 aromatic heterocycles. The van der Waals surface area contributed by atoms with E-state index in [2.05, 4.69) is 0 Å². The van der Waals surface area contributed by atoms with Crippen molar-refractivity contribution in [2.45, 2.75) is 20.8 Å². The van der Waals surface area contributed by atoms with Gasteiger partial charge in [-0.25, -0.2) is 0 Å². The zero-order valence-electron chi connectivity index (χ0n) is 18.5. The molecule has 0 radical (unpaired) electrons. The highest BCUT2D eigenvalue weighted by Gasteiger charge is 2.22. The highest BCUT2D eigenvalue weighted by atomic mass is 16.5.